The van der Waals surface area contributed by atoms with E-state index in [9.17, 15) is 23.4 Å². The number of hydrogen-bond acceptors (Lipinski definition) is 9. The molecular weight excluding hydrogens is 368 g/mol. The summed E-state index contributed by atoms with van der Waals surface area (Å²) in [6, 6.07) is 6.69. The molecule has 2 aromatic carbocycles. The molecular formula is C16H10O9S. The lowest BCUT2D eigenvalue weighted by Gasteiger charge is -2.10. The van der Waals surface area contributed by atoms with Crippen molar-refractivity contribution in [2.45, 2.75) is 0 Å². The van der Waals surface area contributed by atoms with Gasteiger partial charge >= 0.3 is 10.4 Å². The lowest BCUT2D eigenvalue weighted by molar-refractivity contribution is 0.311. The Morgan fingerprint density at radius 3 is 2.35 bits per heavy atom. The molecule has 1 aliphatic heterocycles. The number of fused-ring (bicyclic) bond motifs is 3. The Hall–Kier alpha value is -3.40. The predicted molar refractivity (Wildman–Crippen MR) is 88.0 cm³/mol. The third-order valence-electron chi connectivity index (χ3n) is 3.75. The molecule has 1 aromatic heterocycles. The van der Waals surface area contributed by atoms with E-state index < -0.39 is 33.1 Å². The maximum atomic E-state index is 13.1. The molecule has 134 valence electrons. The Labute approximate surface area is 145 Å². The maximum absolute atomic E-state index is 13.1. The fourth-order valence-corrected chi connectivity index (χ4v) is 3.43. The van der Waals surface area contributed by atoms with Gasteiger partial charge in [0.1, 0.15) is 22.3 Å². The van der Waals surface area contributed by atoms with Crippen LogP contribution in [0.25, 0.3) is 22.1 Å². The number of phenolic OH excluding ortho intramolecular Hbond substituents is 2. The monoisotopic (exact) mass is 378 g/mol. The van der Waals surface area contributed by atoms with Crippen LogP contribution in [0.1, 0.15) is 0 Å². The van der Waals surface area contributed by atoms with Crippen molar-refractivity contribution in [1.29, 1.82) is 0 Å². The Morgan fingerprint density at radius 1 is 1.04 bits per heavy atom. The van der Waals surface area contributed by atoms with Gasteiger partial charge in [0.2, 0.25) is 16.9 Å². The normalized spacial score (nSPS) is 14.5. The first-order chi connectivity index (χ1) is 12.3. The molecule has 1 aliphatic rings. The van der Waals surface area contributed by atoms with Crippen molar-refractivity contribution >= 4 is 21.4 Å². The second-order valence-corrected chi connectivity index (χ2v) is 6.50. The van der Waals surface area contributed by atoms with Crippen LogP contribution in [0, 0.1) is 0 Å². The number of aromatic hydroxyl groups is 2. The van der Waals surface area contributed by atoms with E-state index >= 15 is 0 Å². The molecule has 2 heterocycles. The van der Waals surface area contributed by atoms with Gasteiger partial charge in [-0.2, -0.15) is 0 Å². The quantitative estimate of drug-likeness (QED) is 0.686. The first-order valence-electron chi connectivity index (χ1n) is 7.15. The zero-order chi connectivity index (χ0) is 18.6. The highest BCUT2D eigenvalue weighted by Gasteiger charge is 2.36. The van der Waals surface area contributed by atoms with Crippen molar-refractivity contribution in [3.05, 3.63) is 40.6 Å². The summed E-state index contributed by atoms with van der Waals surface area (Å²) in [4.78, 5) is 13.1. The average Bonchev–Trinajstić information content (AvgIpc) is 2.91. The number of ether oxygens (including phenoxy) is 1. The standard InChI is InChI=1S/C16H10O9S/c1-22-16-11(7-2-4-8(17)5-3-7)13(19)12-10(23-16)6-9(18)14-15(12)25-26(20,21)24-14/h2-6,17-18H,1H3. The van der Waals surface area contributed by atoms with Gasteiger partial charge in [-0.3, -0.25) is 4.79 Å². The van der Waals surface area contributed by atoms with E-state index in [1.807, 2.05) is 0 Å². The summed E-state index contributed by atoms with van der Waals surface area (Å²) in [7, 11) is -3.16. The Bertz CT molecular complexity index is 1210. The number of methoxy groups -OCH3 is 1. The van der Waals surface area contributed by atoms with Crippen LogP contribution < -0.4 is 18.5 Å². The minimum absolute atomic E-state index is 0.00784. The zero-order valence-electron chi connectivity index (χ0n) is 13.0. The van der Waals surface area contributed by atoms with E-state index in [2.05, 4.69) is 4.18 Å². The Kier molecular flexibility index (Phi) is 3.28. The van der Waals surface area contributed by atoms with E-state index in [0.717, 1.165) is 6.07 Å². The van der Waals surface area contributed by atoms with E-state index in [1.54, 1.807) is 0 Å². The molecule has 9 nitrogen and oxygen atoms in total. The second-order valence-electron chi connectivity index (χ2n) is 5.35. The third kappa shape index (κ3) is 2.30. The van der Waals surface area contributed by atoms with E-state index in [-0.39, 0.29) is 28.2 Å². The van der Waals surface area contributed by atoms with Crippen LogP contribution in [0.4, 0.5) is 0 Å². The van der Waals surface area contributed by atoms with Gasteiger partial charge in [-0.15, -0.1) is 8.42 Å². The molecule has 10 heteroatoms. The molecule has 0 atom stereocenters. The highest BCUT2D eigenvalue weighted by Crippen LogP contribution is 2.48. The van der Waals surface area contributed by atoms with Crippen molar-refractivity contribution in [1.82, 2.24) is 0 Å². The molecule has 26 heavy (non-hydrogen) atoms. The van der Waals surface area contributed by atoms with Crippen molar-refractivity contribution in [3.63, 3.8) is 0 Å². The molecule has 0 saturated heterocycles. The van der Waals surface area contributed by atoms with Gasteiger partial charge in [-0.25, -0.2) is 0 Å². The summed E-state index contributed by atoms with van der Waals surface area (Å²) in [5.74, 6) is -1.69. The average molecular weight is 378 g/mol. The van der Waals surface area contributed by atoms with Gasteiger partial charge in [0, 0.05) is 6.07 Å². The Morgan fingerprint density at radius 2 is 1.69 bits per heavy atom. The van der Waals surface area contributed by atoms with Gasteiger partial charge in [0.25, 0.3) is 5.95 Å². The smallest absolute Gasteiger partial charge is 0.501 e. The van der Waals surface area contributed by atoms with Crippen molar-refractivity contribution in [2.24, 2.45) is 0 Å². The summed E-state index contributed by atoms with van der Waals surface area (Å²) in [5.41, 5.74) is -0.461. The molecule has 3 aromatic rings. The van der Waals surface area contributed by atoms with E-state index in [0.29, 0.717) is 5.56 Å². The van der Waals surface area contributed by atoms with Crippen molar-refractivity contribution < 1.29 is 36.2 Å². The van der Waals surface area contributed by atoms with Gasteiger partial charge in [0.05, 0.1) is 7.11 Å². The molecule has 0 amide bonds. The lowest BCUT2D eigenvalue weighted by atomic mass is 10.0. The first kappa shape index (κ1) is 16.1. The predicted octanol–water partition coefficient (Wildman–Crippen LogP) is 1.90. The molecule has 0 unspecified atom stereocenters. The third-order valence-corrected chi connectivity index (χ3v) is 4.49. The summed E-state index contributed by atoms with van der Waals surface area (Å²) >= 11 is 0. The minimum Gasteiger partial charge on any atom is -0.508 e. The summed E-state index contributed by atoms with van der Waals surface area (Å²) in [6.45, 7) is 0. The van der Waals surface area contributed by atoms with Crippen LogP contribution in [-0.2, 0) is 10.4 Å². The number of rotatable bonds is 2. The zero-order valence-corrected chi connectivity index (χ0v) is 13.9. The van der Waals surface area contributed by atoms with Crippen molar-refractivity contribution in [2.75, 3.05) is 7.11 Å². The molecule has 0 bridgehead atoms. The summed E-state index contributed by atoms with van der Waals surface area (Å²) < 4.78 is 43.0. The van der Waals surface area contributed by atoms with Crippen LogP contribution in [0.3, 0.4) is 0 Å². The van der Waals surface area contributed by atoms with Gasteiger partial charge in [-0.1, -0.05) is 12.1 Å². The first-order valence-corrected chi connectivity index (χ1v) is 8.48. The molecule has 0 aliphatic carbocycles. The van der Waals surface area contributed by atoms with Crippen LogP contribution in [0.2, 0.25) is 0 Å². The number of benzene rings is 2. The molecule has 0 radical (unpaired) electrons. The minimum atomic E-state index is -4.44. The fraction of sp³-hybridized carbons (Fsp3) is 0.0625. The van der Waals surface area contributed by atoms with Crippen LogP contribution in [0.5, 0.6) is 28.9 Å². The van der Waals surface area contributed by atoms with E-state index in [4.69, 9.17) is 13.3 Å². The SMILES string of the molecule is COc1oc2cc(O)c3c(c2c(=O)c1-c1ccc(O)cc1)OS(=O)(=O)O3. The molecule has 0 fully saturated rings. The highest BCUT2D eigenvalue weighted by atomic mass is 32.3. The van der Waals surface area contributed by atoms with Gasteiger partial charge in [-0.05, 0) is 17.7 Å². The van der Waals surface area contributed by atoms with Crippen LogP contribution >= 0.6 is 0 Å². The van der Waals surface area contributed by atoms with Crippen LogP contribution in [-0.4, -0.2) is 25.7 Å². The summed E-state index contributed by atoms with van der Waals surface area (Å²) in [6.07, 6.45) is 0. The summed E-state index contributed by atoms with van der Waals surface area (Å²) in [5, 5.41) is 19.1. The number of phenols is 2. The molecule has 0 spiro atoms. The molecule has 4 rings (SSSR count). The topological polar surface area (TPSA) is 132 Å². The highest BCUT2D eigenvalue weighted by molar-refractivity contribution is 7.82. The molecule has 0 saturated carbocycles. The number of hydrogen-bond donors (Lipinski definition) is 2. The van der Waals surface area contributed by atoms with Crippen molar-refractivity contribution in [3.8, 4) is 40.1 Å². The largest absolute Gasteiger partial charge is 0.508 e. The lowest BCUT2D eigenvalue weighted by Crippen LogP contribution is -2.10. The fourth-order valence-electron chi connectivity index (χ4n) is 2.67. The second kappa shape index (κ2) is 5.30. The Balaban J connectivity index is 2.12. The van der Waals surface area contributed by atoms with Crippen LogP contribution in [0.15, 0.2) is 39.5 Å². The van der Waals surface area contributed by atoms with Gasteiger partial charge in [0.15, 0.2) is 5.75 Å². The van der Waals surface area contributed by atoms with E-state index in [1.165, 1.54) is 31.4 Å². The maximum Gasteiger partial charge on any atom is 0.501 e. The van der Waals surface area contributed by atoms with Gasteiger partial charge < -0.3 is 27.7 Å². The molecule has 2 N–H and O–H groups in total.